The van der Waals surface area contributed by atoms with Crippen LogP contribution in [0.15, 0.2) is 24.3 Å². The molecule has 3 rings (SSSR count). The Hall–Kier alpha value is -1.84. The summed E-state index contributed by atoms with van der Waals surface area (Å²) in [6, 6.07) is 3.96. The molecule has 0 radical (unpaired) electrons. The van der Waals surface area contributed by atoms with E-state index in [9.17, 15) is 27.9 Å². The number of alkyl halides is 3. The van der Waals surface area contributed by atoms with E-state index in [4.69, 9.17) is 0 Å². The summed E-state index contributed by atoms with van der Waals surface area (Å²) < 4.78 is 38.5. The van der Waals surface area contributed by atoms with Gasteiger partial charge in [-0.05, 0) is 24.1 Å². The van der Waals surface area contributed by atoms with Gasteiger partial charge in [-0.25, -0.2) is 0 Å². The van der Waals surface area contributed by atoms with Crippen LogP contribution in [0.25, 0.3) is 0 Å². The van der Waals surface area contributed by atoms with Gasteiger partial charge in [0.05, 0.1) is 23.6 Å². The highest BCUT2D eigenvalue weighted by Gasteiger charge is 2.40. The molecular formula is C19H25ClF3N3O3. The van der Waals surface area contributed by atoms with E-state index in [0.717, 1.165) is 12.1 Å². The Morgan fingerprint density at radius 3 is 2.48 bits per heavy atom. The molecule has 2 heterocycles. The van der Waals surface area contributed by atoms with Crippen molar-refractivity contribution in [3.63, 3.8) is 0 Å². The molecule has 4 unspecified atom stereocenters. The highest BCUT2D eigenvalue weighted by molar-refractivity contribution is 5.85. The lowest BCUT2D eigenvalue weighted by Crippen LogP contribution is -2.47. The van der Waals surface area contributed by atoms with E-state index >= 15 is 0 Å². The lowest BCUT2D eigenvalue weighted by molar-refractivity contribution is -0.142. The number of halogens is 4. The summed E-state index contributed by atoms with van der Waals surface area (Å²) in [5.74, 6) is -1.06. The van der Waals surface area contributed by atoms with E-state index in [1.807, 2.05) is 0 Å². The molecule has 29 heavy (non-hydrogen) atoms. The molecule has 2 aliphatic rings. The minimum Gasteiger partial charge on any atom is -0.391 e. The van der Waals surface area contributed by atoms with Crippen LogP contribution in [0.2, 0.25) is 0 Å². The quantitative estimate of drug-likeness (QED) is 0.673. The number of nitrogens with one attached hydrogen (secondary N) is 2. The summed E-state index contributed by atoms with van der Waals surface area (Å²) in [5.41, 5.74) is -0.281. The van der Waals surface area contributed by atoms with Crippen molar-refractivity contribution in [2.45, 2.75) is 31.2 Å². The Kier molecular flexibility index (Phi) is 7.53. The van der Waals surface area contributed by atoms with Gasteiger partial charge >= 0.3 is 6.18 Å². The fourth-order valence-corrected chi connectivity index (χ4v) is 3.93. The van der Waals surface area contributed by atoms with Gasteiger partial charge in [-0.15, -0.1) is 12.4 Å². The van der Waals surface area contributed by atoms with Crippen molar-refractivity contribution in [3.05, 3.63) is 35.4 Å². The number of aliphatic hydroxyl groups is 1. The molecule has 2 saturated heterocycles. The molecule has 4 atom stereocenters. The summed E-state index contributed by atoms with van der Waals surface area (Å²) >= 11 is 0. The number of rotatable bonds is 4. The van der Waals surface area contributed by atoms with Crippen LogP contribution in [0, 0.1) is 11.8 Å². The van der Waals surface area contributed by atoms with E-state index < -0.39 is 29.8 Å². The molecule has 1 aromatic carbocycles. The van der Waals surface area contributed by atoms with Gasteiger partial charge in [0.1, 0.15) is 0 Å². The van der Waals surface area contributed by atoms with Gasteiger partial charge in [0.2, 0.25) is 11.8 Å². The Morgan fingerprint density at radius 2 is 1.93 bits per heavy atom. The lowest BCUT2D eigenvalue weighted by Gasteiger charge is -2.38. The van der Waals surface area contributed by atoms with Crippen LogP contribution in [-0.4, -0.2) is 54.6 Å². The Morgan fingerprint density at radius 1 is 1.28 bits per heavy atom. The van der Waals surface area contributed by atoms with Gasteiger partial charge in [0.15, 0.2) is 0 Å². The SMILES string of the molecule is CN1C(=O)CCC(C(=O)NCC2CNCC2O)C1c1ccc(C(F)(F)F)cc1.Cl. The summed E-state index contributed by atoms with van der Waals surface area (Å²) in [5, 5.41) is 15.7. The van der Waals surface area contributed by atoms with Gasteiger partial charge < -0.3 is 20.6 Å². The molecular weight excluding hydrogens is 411 g/mol. The Labute approximate surface area is 173 Å². The number of hydrogen-bond acceptors (Lipinski definition) is 4. The van der Waals surface area contributed by atoms with Crippen molar-refractivity contribution in [1.29, 1.82) is 0 Å². The zero-order chi connectivity index (χ0) is 20.5. The van der Waals surface area contributed by atoms with Crippen LogP contribution in [0.1, 0.15) is 30.0 Å². The number of hydrogen-bond donors (Lipinski definition) is 3. The molecule has 3 N–H and O–H groups in total. The maximum absolute atomic E-state index is 12.8. The van der Waals surface area contributed by atoms with Gasteiger partial charge in [-0.3, -0.25) is 9.59 Å². The molecule has 0 aromatic heterocycles. The topological polar surface area (TPSA) is 81.7 Å². The van der Waals surface area contributed by atoms with Crippen LogP contribution in [0.4, 0.5) is 13.2 Å². The number of amides is 2. The average Bonchev–Trinajstić information content (AvgIpc) is 3.06. The average molecular weight is 436 g/mol. The molecule has 6 nitrogen and oxygen atoms in total. The second-order valence-corrected chi connectivity index (χ2v) is 7.45. The van der Waals surface area contributed by atoms with Crippen LogP contribution in [-0.2, 0) is 15.8 Å². The van der Waals surface area contributed by atoms with Crippen molar-refractivity contribution >= 4 is 24.2 Å². The number of piperidine rings is 1. The minimum atomic E-state index is -4.44. The smallest absolute Gasteiger partial charge is 0.391 e. The standard InChI is InChI=1S/C19H24F3N3O3.ClH/c1-25-16(27)7-6-14(18(28)24-9-12-8-23-10-15(12)26)17(25)11-2-4-13(5-3-11)19(20,21)22;/h2-5,12,14-15,17,23,26H,6-10H2,1H3,(H,24,28);1H. The molecule has 162 valence electrons. The first kappa shape index (κ1) is 23.4. The number of carbonyl (C=O) groups is 2. The fourth-order valence-electron chi connectivity index (χ4n) is 3.93. The molecule has 0 aliphatic carbocycles. The van der Waals surface area contributed by atoms with Crippen molar-refractivity contribution in [2.24, 2.45) is 11.8 Å². The predicted molar refractivity (Wildman–Crippen MR) is 102 cm³/mol. The third-order valence-electron chi connectivity index (χ3n) is 5.62. The van der Waals surface area contributed by atoms with E-state index in [0.29, 0.717) is 31.6 Å². The van der Waals surface area contributed by atoms with Crippen LogP contribution in [0.3, 0.4) is 0 Å². The Balaban J connectivity index is 0.00000300. The zero-order valence-corrected chi connectivity index (χ0v) is 16.7. The third kappa shape index (κ3) is 5.21. The van der Waals surface area contributed by atoms with Crippen LogP contribution < -0.4 is 10.6 Å². The van der Waals surface area contributed by atoms with Crippen molar-refractivity contribution < 1.29 is 27.9 Å². The summed E-state index contributed by atoms with van der Waals surface area (Å²) in [7, 11) is 1.56. The maximum atomic E-state index is 12.8. The molecule has 0 bridgehead atoms. The number of aliphatic hydroxyl groups excluding tert-OH is 1. The molecule has 10 heteroatoms. The van der Waals surface area contributed by atoms with Crippen molar-refractivity contribution in [3.8, 4) is 0 Å². The van der Waals surface area contributed by atoms with Crippen LogP contribution in [0.5, 0.6) is 0 Å². The number of carbonyl (C=O) groups excluding carboxylic acids is 2. The molecule has 1 aromatic rings. The predicted octanol–water partition coefficient (Wildman–Crippen LogP) is 1.73. The molecule has 2 fully saturated rings. The second kappa shape index (κ2) is 9.32. The minimum absolute atomic E-state index is 0. The first-order valence-corrected chi connectivity index (χ1v) is 9.28. The monoisotopic (exact) mass is 435 g/mol. The van der Waals surface area contributed by atoms with E-state index in [-0.39, 0.29) is 36.6 Å². The largest absolute Gasteiger partial charge is 0.416 e. The first-order chi connectivity index (χ1) is 13.2. The van der Waals surface area contributed by atoms with Gasteiger partial charge in [0.25, 0.3) is 0 Å². The summed E-state index contributed by atoms with van der Waals surface area (Å²) in [4.78, 5) is 26.4. The highest BCUT2D eigenvalue weighted by atomic mass is 35.5. The fraction of sp³-hybridized carbons (Fsp3) is 0.579. The van der Waals surface area contributed by atoms with Crippen molar-refractivity contribution in [2.75, 3.05) is 26.7 Å². The molecule has 2 amide bonds. The van der Waals surface area contributed by atoms with E-state index in [2.05, 4.69) is 10.6 Å². The highest BCUT2D eigenvalue weighted by Crippen LogP contribution is 2.37. The number of benzene rings is 1. The number of nitrogens with zero attached hydrogens (tertiary/aromatic N) is 1. The molecule has 2 aliphatic heterocycles. The zero-order valence-electron chi connectivity index (χ0n) is 15.9. The van der Waals surface area contributed by atoms with E-state index in [1.165, 1.54) is 17.0 Å². The van der Waals surface area contributed by atoms with Crippen LogP contribution >= 0.6 is 12.4 Å². The van der Waals surface area contributed by atoms with E-state index in [1.54, 1.807) is 7.05 Å². The maximum Gasteiger partial charge on any atom is 0.416 e. The summed E-state index contributed by atoms with van der Waals surface area (Å²) in [6.45, 7) is 1.39. The molecule has 0 spiro atoms. The number of likely N-dealkylation sites (tertiary alicyclic amines) is 1. The molecule has 0 saturated carbocycles. The second-order valence-electron chi connectivity index (χ2n) is 7.45. The van der Waals surface area contributed by atoms with Gasteiger partial charge in [0, 0.05) is 39.0 Å². The third-order valence-corrected chi connectivity index (χ3v) is 5.62. The number of β-amino-alcohol motifs (C(OH)–C–C–N with tert-alkyl or cyclic N) is 1. The first-order valence-electron chi connectivity index (χ1n) is 9.28. The summed E-state index contributed by atoms with van der Waals surface area (Å²) in [6.07, 6.45) is -4.44. The Bertz CT molecular complexity index is 730. The normalized spacial score (nSPS) is 27.5. The van der Waals surface area contributed by atoms with Gasteiger partial charge in [-0.1, -0.05) is 12.1 Å². The van der Waals surface area contributed by atoms with Crippen molar-refractivity contribution in [1.82, 2.24) is 15.5 Å². The lowest BCUT2D eigenvalue weighted by atomic mass is 9.83. The van der Waals surface area contributed by atoms with Gasteiger partial charge in [-0.2, -0.15) is 13.2 Å².